The molecule has 0 unspecified atom stereocenters. The van der Waals surface area contributed by atoms with E-state index in [1.54, 1.807) is 0 Å². The number of hydrogen-bond donors (Lipinski definition) is 0. The third kappa shape index (κ3) is 8.03. The molecule has 3 nitrogen and oxygen atoms in total. The van der Waals surface area contributed by atoms with Crippen LogP contribution in [-0.4, -0.2) is 14.8 Å². The first-order valence-corrected chi connectivity index (χ1v) is 32.2. The molecule has 0 N–H and O–H groups in total. The van der Waals surface area contributed by atoms with Gasteiger partial charge in [0.25, 0.3) is 6.71 Å². The average Bonchev–Trinajstić information content (AvgIpc) is 1.48. The first kappa shape index (κ1) is 52.5. The molecule has 408 valence electrons. The predicted molar refractivity (Wildman–Crippen MR) is 353 cm³/mol. The van der Waals surface area contributed by atoms with Gasteiger partial charge in [0.2, 0.25) is 0 Å². The van der Waals surface area contributed by atoms with Crippen LogP contribution in [0.3, 0.4) is 0 Å². The normalized spacial score (nSPS) is 17.1. The van der Waals surface area contributed by atoms with Gasteiger partial charge in [-0.05, 0) is 190 Å². The second-order valence-corrected chi connectivity index (χ2v) is 32.1. The Balaban J connectivity index is 1.00. The summed E-state index contributed by atoms with van der Waals surface area (Å²) in [5.41, 5.74) is 22.6. The number of furan rings is 1. The van der Waals surface area contributed by atoms with Gasteiger partial charge in [-0.25, -0.2) is 0 Å². The monoisotopic (exact) mass is 1080 g/mol. The van der Waals surface area contributed by atoms with E-state index in [2.05, 4.69) is 293 Å². The first-order valence-electron chi connectivity index (χ1n) is 30.2. The van der Waals surface area contributed by atoms with Gasteiger partial charge >= 0.3 is 0 Å². The fraction of sp³-hybridized carbons (Fsp3) is 0.273. The van der Waals surface area contributed by atoms with E-state index < -0.39 is 8.07 Å². The maximum absolute atomic E-state index is 7.73. The van der Waals surface area contributed by atoms with Crippen LogP contribution in [0.25, 0.3) is 22.1 Å². The van der Waals surface area contributed by atoms with Crippen molar-refractivity contribution in [2.45, 2.75) is 136 Å². The number of fused-ring (bicyclic) bond motifs is 8. The van der Waals surface area contributed by atoms with E-state index in [-0.39, 0.29) is 33.8 Å². The molecule has 9 aromatic carbocycles. The van der Waals surface area contributed by atoms with Crippen molar-refractivity contribution in [2.24, 2.45) is 0 Å². The maximum Gasteiger partial charge on any atom is 0.297 e. The molecule has 0 radical (unpaired) electrons. The van der Waals surface area contributed by atoms with Crippen LogP contribution in [-0.2, 0) is 27.1 Å². The molecular weight excluding hydrogens is 1010 g/mol. The Labute approximate surface area is 489 Å². The van der Waals surface area contributed by atoms with Crippen molar-refractivity contribution >= 4 is 97.2 Å². The molecule has 0 spiro atoms. The number of hydrogen-bond acceptors (Lipinski definition) is 3. The molecule has 2 aliphatic heterocycles. The lowest BCUT2D eigenvalue weighted by atomic mass is 9.35. The summed E-state index contributed by atoms with van der Waals surface area (Å²) in [7, 11) is -2.76. The summed E-state index contributed by atoms with van der Waals surface area (Å²) in [6, 6.07) is 77.3. The fourth-order valence-corrected chi connectivity index (χ4v) is 20.0. The maximum atomic E-state index is 7.73. The van der Waals surface area contributed by atoms with Crippen molar-refractivity contribution in [1.82, 2.24) is 0 Å². The molecule has 0 amide bonds. The van der Waals surface area contributed by atoms with Crippen LogP contribution in [0.1, 0.15) is 135 Å². The molecule has 3 heterocycles. The lowest BCUT2D eigenvalue weighted by molar-refractivity contribution is 0.332. The van der Waals surface area contributed by atoms with Gasteiger partial charge in [-0.2, -0.15) is 0 Å². The second kappa shape index (κ2) is 18.5. The standard InChI is InChI=1S/C77H77BN2OSi/c1-50-43-67-70-68(44-50)80(55-35-31-51(32-36-55)52-23-22-30-59(45-52)82(56-24-16-13-17-25-56,57-26-18-14-19-27-57)58-28-20-15-21-29-58)71-60-46-61-64(77(11,12)42-39-74(61,5)6)49-69(60)81-72(71)78(70)65-47-62-63(76(9,10)41-40-75(62,7)8)48-66(65)79(67)54-37-33-53(34-38-54)73(2,3)4/h13-38,43-49H,39-42H2,1-12H3. The Hall–Kier alpha value is -7.60. The quantitative estimate of drug-likeness (QED) is 0.117. The molecular formula is C77H77BN2OSi. The van der Waals surface area contributed by atoms with Crippen molar-refractivity contribution in [3.05, 3.63) is 234 Å². The van der Waals surface area contributed by atoms with Crippen molar-refractivity contribution in [3.63, 3.8) is 0 Å². The summed E-state index contributed by atoms with van der Waals surface area (Å²) in [5, 5.41) is 6.67. The molecule has 0 atom stereocenters. The zero-order valence-corrected chi connectivity index (χ0v) is 51.3. The van der Waals surface area contributed by atoms with Crippen LogP contribution in [0.15, 0.2) is 205 Å². The largest absolute Gasteiger partial charge is 0.468 e. The first-order chi connectivity index (χ1) is 39.2. The minimum absolute atomic E-state index is 0.0126. The zero-order valence-electron chi connectivity index (χ0n) is 50.3. The molecule has 0 saturated heterocycles. The molecule has 5 heteroatoms. The number of rotatable bonds is 7. The average molecular weight is 1090 g/mol. The van der Waals surface area contributed by atoms with Gasteiger partial charge in [-0.3, -0.25) is 0 Å². The van der Waals surface area contributed by atoms with Gasteiger partial charge in [0.1, 0.15) is 5.58 Å². The molecule has 0 bridgehead atoms. The van der Waals surface area contributed by atoms with E-state index in [1.165, 1.54) is 104 Å². The van der Waals surface area contributed by atoms with Gasteiger partial charge in [0, 0.05) is 33.8 Å². The third-order valence-electron chi connectivity index (χ3n) is 20.1. The van der Waals surface area contributed by atoms with E-state index >= 15 is 0 Å². The van der Waals surface area contributed by atoms with Gasteiger partial charge in [0.15, 0.2) is 8.07 Å². The smallest absolute Gasteiger partial charge is 0.297 e. The Kier molecular flexibility index (Phi) is 11.8. The van der Waals surface area contributed by atoms with Gasteiger partial charge in [-0.15, -0.1) is 0 Å². The minimum atomic E-state index is -2.76. The van der Waals surface area contributed by atoms with E-state index in [9.17, 15) is 0 Å². The highest BCUT2D eigenvalue weighted by molar-refractivity contribution is 7.20. The van der Waals surface area contributed by atoms with Gasteiger partial charge in [0.05, 0.1) is 11.3 Å². The minimum Gasteiger partial charge on any atom is -0.468 e. The van der Waals surface area contributed by atoms with E-state index in [0.717, 1.165) is 48.3 Å². The summed E-state index contributed by atoms with van der Waals surface area (Å²) in [6.45, 7) is 28.7. The van der Waals surface area contributed by atoms with E-state index in [1.807, 2.05) is 0 Å². The Bertz CT molecular complexity index is 4050. The topological polar surface area (TPSA) is 19.6 Å². The van der Waals surface area contributed by atoms with Gasteiger partial charge < -0.3 is 14.2 Å². The van der Waals surface area contributed by atoms with Crippen LogP contribution in [0, 0.1) is 6.92 Å². The molecule has 82 heavy (non-hydrogen) atoms. The number of nitrogens with zero attached hydrogens (tertiary/aromatic N) is 2. The Morgan fingerprint density at radius 1 is 0.439 bits per heavy atom. The summed E-state index contributed by atoms with van der Waals surface area (Å²) >= 11 is 0. The van der Waals surface area contributed by atoms with Crippen LogP contribution in [0.2, 0.25) is 0 Å². The number of anilines is 6. The number of benzene rings is 9. The van der Waals surface area contributed by atoms with Crippen molar-refractivity contribution in [1.29, 1.82) is 0 Å². The molecule has 1 aromatic heterocycles. The van der Waals surface area contributed by atoms with Crippen molar-refractivity contribution < 1.29 is 4.42 Å². The van der Waals surface area contributed by atoms with Crippen LogP contribution in [0.4, 0.5) is 34.1 Å². The van der Waals surface area contributed by atoms with Crippen LogP contribution < -0.4 is 47.1 Å². The highest BCUT2D eigenvalue weighted by Gasteiger charge is 2.50. The molecule has 2 aliphatic carbocycles. The van der Waals surface area contributed by atoms with E-state index in [4.69, 9.17) is 4.42 Å². The lowest BCUT2D eigenvalue weighted by Crippen LogP contribution is -2.74. The summed E-state index contributed by atoms with van der Waals surface area (Å²) < 4.78 is 7.73. The Morgan fingerprint density at radius 2 is 0.902 bits per heavy atom. The molecule has 10 aromatic rings. The summed E-state index contributed by atoms with van der Waals surface area (Å²) in [6.07, 6.45) is 4.58. The Morgan fingerprint density at radius 3 is 1.44 bits per heavy atom. The van der Waals surface area contributed by atoms with Crippen LogP contribution >= 0.6 is 0 Å². The van der Waals surface area contributed by atoms with Crippen LogP contribution in [0.5, 0.6) is 0 Å². The summed E-state index contributed by atoms with van der Waals surface area (Å²) in [5.74, 6) is 0. The second-order valence-electron chi connectivity index (χ2n) is 28.3. The predicted octanol–water partition coefficient (Wildman–Crippen LogP) is 15.9. The highest BCUT2D eigenvalue weighted by atomic mass is 28.3. The van der Waals surface area contributed by atoms with Crippen molar-refractivity contribution in [3.8, 4) is 11.1 Å². The number of aryl methyl sites for hydroxylation is 1. The molecule has 0 fully saturated rings. The third-order valence-corrected chi connectivity index (χ3v) is 24.9. The lowest BCUT2D eigenvalue weighted by Gasteiger charge is -2.46. The molecule has 0 saturated carbocycles. The molecule has 14 rings (SSSR count). The highest BCUT2D eigenvalue weighted by Crippen LogP contribution is 2.54. The fourth-order valence-electron chi connectivity index (χ4n) is 15.2. The summed E-state index contributed by atoms with van der Waals surface area (Å²) in [4.78, 5) is 5.20. The van der Waals surface area contributed by atoms with Crippen molar-refractivity contribution in [2.75, 3.05) is 9.80 Å². The molecule has 4 aliphatic rings. The zero-order chi connectivity index (χ0) is 56.9. The van der Waals surface area contributed by atoms with Gasteiger partial charge in [-0.1, -0.05) is 222 Å². The van der Waals surface area contributed by atoms with E-state index in [0.29, 0.717) is 0 Å². The SMILES string of the molecule is Cc1cc2c3c(c1)N(c1ccc(-c4cccc([Si](c5ccccc5)(c5ccccc5)c5ccccc5)c4)cc1)c1c(oc4cc5c(cc14)C(C)(C)CCC5(C)C)B3c1cc3c(cc1N2c1ccc(C(C)(C)C)cc1)C(C)(C)CCC3(C)C.